The summed E-state index contributed by atoms with van der Waals surface area (Å²) in [6.07, 6.45) is 1.03. The molecule has 2 aromatic rings. The fraction of sp³-hybridized carbons (Fsp3) is 0.400. The van der Waals surface area contributed by atoms with Gasteiger partial charge in [-0.25, -0.2) is 12.8 Å². The molecule has 134 valence electrons. The van der Waals surface area contributed by atoms with E-state index in [0.717, 1.165) is 11.8 Å². The van der Waals surface area contributed by atoms with Gasteiger partial charge in [-0.2, -0.15) is 0 Å². The number of sulfone groups is 1. The number of aromatic nitrogens is 2. The van der Waals surface area contributed by atoms with Crippen molar-refractivity contribution in [3.8, 4) is 0 Å². The third-order valence-corrected chi connectivity index (χ3v) is 6.35. The van der Waals surface area contributed by atoms with Crippen LogP contribution in [0.3, 0.4) is 0 Å². The molecule has 0 radical (unpaired) electrons. The van der Waals surface area contributed by atoms with Crippen molar-refractivity contribution < 1.29 is 22.0 Å². The number of thioether (sulfide) groups is 1. The van der Waals surface area contributed by atoms with E-state index in [9.17, 15) is 17.6 Å². The first kappa shape index (κ1) is 17.9. The summed E-state index contributed by atoms with van der Waals surface area (Å²) < 4.78 is 41.1. The molecule has 1 aromatic carbocycles. The number of benzene rings is 1. The minimum atomic E-state index is -2.93. The Kier molecular flexibility index (Phi) is 5.38. The average molecular weight is 385 g/mol. The van der Waals surface area contributed by atoms with E-state index >= 15 is 0 Å². The minimum absolute atomic E-state index is 0.00470. The Morgan fingerprint density at radius 3 is 2.76 bits per heavy atom. The summed E-state index contributed by atoms with van der Waals surface area (Å²) in [4.78, 5) is 11.8. The number of hydrogen-bond acceptors (Lipinski definition) is 7. The Morgan fingerprint density at radius 1 is 1.32 bits per heavy atom. The molecule has 7 nitrogen and oxygen atoms in total. The van der Waals surface area contributed by atoms with Crippen LogP contribution in [0.15, 0.2) is 33.9 Å². The van der Waals surface area contributed by atoms with Crippen molar-refractivity contribution in [3.63, 3.8) is 0 Å². The maximum atomic E-state index is 12.8. The number of amides is 1. The molecule has 0 aliphatic carbocycles. The summed E-state index contributed by atoms with van der Waals surface area (Å²) >= 11 is 1.08. The Balaban J connectivity index is 1.46. The third kappa shape index (κ3) is 5.27. The van der Waals surface area contributed by atoms with Crippen molar-refractivity contribution >= 4 is 33.2 Å². The normalized spacial score (nSPS) is 19.0. The van der Waals surface area contributed by atoms with E-state index in [1.807, 2.05) is 0 Å². The van der Waals surface area contributed by atoms with E-state index in [1.54, 1.807) is 0 Å². The molecule has 2 heterocycles. The highest BCUT2D eigenvalue weighted by Gasteiger charge is 2.29. The standard InChI is InChI=1S/C15H16FN3O4S2/c16-11-1-3-12(4-2-11)17-13(20)8-24-15-19-18-14(23-15)7-10-5-6-25(21,22)9-10/h1-4,10H,5-9H2,(H,17,20)/t10-/m0/s1. The molecule has 10 heteroatoms. The molecule has 1 fully saturated rings. The van der Waals surface area contributed by atoms with Gasteiger partial charge in [-0.3, -0.25) is 4.79 Å². The van der Waals surface area contributed by atoms with Crippen LogP contribution >= 0.6 is 11.8 Å². The molecule has 0 bridgehead atoms. The first-order chi connectivity index (χ1) is 11.9. The molecule has 1 aliphatic heterocycles. The SMILES string of the molecule is O=C(CSc1nnc(C[C@@H]2CCS(=O)(=O)C2)o1)Nc1ccc(F)cc1. The molecule has 1 aromatic heterocycles. The second kappa shape index (κ2) is 7.52. The van der Waals surface area contributed by atoms with Crippen LogP contribution in [0, 0.1) is 11.7 Å². The molecule has 1 amide bonds. The largest absolute Gasteiger partial charge is 0.416 e. The van der Waals surface area contributed by atoms with E-state index < -0.39 is 9.84 Å². The molecule has 0 saturated carbocycles. The van der Waals surface area contributed by atoms with Crippen LogP contribution in [0.1, 0.15) is 12.3 Å². The lowest BCUT2D eigenvalue weighted by Crippen LogP contribution is -2.13. The van der Waals surface area contributed by atoms with E-state index in [2.05, 4.69) is 15.5 Å². The van der Waals surface area contributed by atoms with Crippen LogP contribution in [-0.4, -0.2) is 41.8 Å². The summed E-state index contributed by atoms with van der Waals surface area (Å²) in [7, 11) is -2.93. The van der Waals surface area contributed by atoms with Crippen LogP contribution < -0.4 is 5.32 Å². The van der Waals surface area contributed by atoms with Crippen LogP contribution in [0.25, 0.3) is 0 Å². The number of nitrogens with zero attached hydrogens (tertiary/aromatic N) is 2. The van der Waals surface area contributed by atoms with Gasteiger partial charge in [0.25, 0.3) is 5.22 Å². The van der Waals surface area contributed by atoms with E-state index in [0.29, 0.717) is 24.4 Å². The lowest BCUT2D eigenvalue weighted by atomic mass is 10.1. The van der Waals surface area contributed by atoms with Gasteiger partial charge in [0.2, 0.25) is 11.8 Å². The smallest absolute Gasteiger partial charge is 0.277 e. The van der Waals surface area contributed by atoms with Crippen molar-refractivity contribution in [2.24, 2.45) is 5.92 Å². The molecule has 0 spiro atoms. The number of rotatable bonds is 6. The van der Waals surface area contributed by atoms with Crippen LogP contribution in [0.2, 0.25) is 0 Å². The Labute approximate surface area is 148 Å². The fourth-order valence-corrected chi connectivity index (χ4v) is 4.96. The molecule has 1 atom stereocenters. The van der Waals surface area contributed by atoms with Gasteiger partial charge in [-0.15, -0.1) is 10.2 Å². The monoisotopic (exact) mass is 385 g/mol. The topological polar surface area (TPSA) is 102 Å². The van der Waals surface area contributed by atoms with Gasteiger partial charge in [0.05, 0.1) is 17.3 Å². The average Bonchev–Trinajstić information content (AvgIpc) is 3.14. The van der Waals surface area contributed by atoms with Gasteiger partial charge in [0, 0.05) is 12.1 Å². The highest BCUT2D eigenvalue weighted by atomic mass is 32.2. The Hall–Kier alpha value is -1.94. The first-order valence-electron chi connectivity index (χ1n) is 7.61. The van der Waals surface area contributed by atoms with E-state index in [-0.39, 0.29) is 40.1 Å². The predicted octanol–water partition coefficient (Wildman–Crippen LogP) is 1.92. The Morgan fingerprint density at radius 2 is 2.08 bits per heavy atom. The van der Waals surface area contributed by atoms with Crippen molar-refractivity contribution in [1.29, 1.82) is 0 Å². The first-order valence-corrected chi connectivity index (χ1v) is 10.4. The minimum Gasteiger partial charge on any atom is -0.416 e. The van der Waals surface area contributed by atoms with Crippen LogP contribution in [-0.2, 0) is 21.1 Å². The number of halogens is 1. The summed E-state index contributed by atoms with van der Waals surface area (Å²) in [6.45, 7) is 0. The molecule has 25 heavy (non-hydrogen) atoms. The highest BCUT2D eigenvalue weighted by molar-refractivity contribution is 7.99. The molecule has 1 saturated heterocycles. The number of carbonyl (C=O) groups is 1. The number of hydrogen-bond donors (Lipinski definition) is 1. The van der Waals surface area contributed by atoms with Gasteiger partial charge < -0.3 is 9.73 Å². The van der Waals surface area contributed by atoms with Gasteiger partial charge in [0.1, 0.15) is 5.82 Å². The Bertz CT molecular complexity index is 852. The van der Waals surface area contributed by atoms with E-state index in [4.69, 9.17) is 4.42 Å². The van der Waals surface area contributed by atoms with Crippen molar-refractivity contribution in [1.82, 2.24) is 10.2 Å². The number of carbonyl (C=O) groups excluding carboxylic acids is 1. The third-order valence-electron chi connectivity index (χ3n) is 3.69. The lowest BCUT2D eigenvalue weighted by molar-refractivity contribution is -0.113. The van der Waals surface area contributed by atoms with Gasteiger partial charge in [-0.1, -0.05) is 11.8 Å². The van der Waals surface area contributed by atoms with Crippen molar-refractivity contribution in [2.75, 3.05) is 22.6 Å². The van der Waals surface area contributed by atoms with Gasteiger partial charge in [0.15, 0.2) is 9.84 Å². The van der Waals surface area contributed by atoms with Crippen molar-refractivity contribution in [3.05, 3.63) is 36.0 Å². The molecule has 0 unspecified atom stereocenters. The molecule has 3 rings (SSSR count). The maximum absolute atomic E-state index is 12.8. The van der Waals surface area contributed by atoms with Gasteiger partial charge >= 0.3 is 0 Å². The summed E-state index contributed by atoms with van der Waals surface area (Å²) in [5.74, 6) is 0.152. The number of nitrogens with one attached hydrogen (secondary N) is 1. The summed E-state index contributed by atoms with van der Waals surface area (Å²) in [5, 5.41) is 10.6. The summed E-state index contributed by atoms with van der Waals surface area (Å²) in [5.41, 5.74) is 0.501. The summed E-state index contributed by atoms with van der Waals surface area (Å²) in [6, 6.07) is 5.46. The zero-order valence-electron chi connectivity index (χ0n) is 13.1. The van der Waals surface area contributed by atoms with Crippen LogP contribution in [0.4, 0.5) is 10.1 Å². The fourth-order valence-electron chi connectivity index (χ4n) is 2.52. The molecule has 1 N–H and O–H groups in total. The second-order valence-electron chi connectivity index (χ2n) is 5.78. The quantitative estimate of drug-likeness (QED) is 0.758. The molecular weight excluding hydrogens is 369 g/mol. The second-order valence-corrected chi connectivity index (χ2v) is 8.93. The zero-order chi connectivity index (χ0) is 17.9. The van der Waals surface area contributed by atoms with E-state index in [1.165, 1.54) is 24.3 Å². The van der Waals surface area contributed by atoms with Crippen molar-refractivity contribution in [2.45, 2.75) is 18.1 Å². The highest BCUT2D eigenvalue weighted by Crippen LogP contribution is 2.24. The zero-order valence-corrected chi connectivity index (χ0v) is 14.8. The van der Waals surface area contributed by atoms with Gasteiger partial charge in [-0.05, 0) is 36.6 Å². The number of anilines is 1. The molecular formula is C15H16FN3O4S2. The van der Waals surface area contributed by atoms with Crippen LogP contribution in [0.5, 0.6) is 0 Å². The lowest BCUT2D eigenvalue weighted by Gasteiger charge is -2.03. The maximum Gasteiger partial charge on any atom is 0.277 e. The molecule has 1 aliphatic rings. The predicted molar refractivity (Wildman–Crippen MR) is 90.5 cm³/mol.